The molecule has 164 valence electrons. The van der Waals surface area contributed by atoms with Gasteiger partial charge < -0.3 is 5.32 Å². The van der Waals surface area contributed by atoms with E-state index in [2.05, 4.69) is 15.8 Å². The van der Waals surface area contributed by atoms with Crippen LogP contribution in [0.5, 0.6) is 0 Å². The fourth-order valence-electron chi connectivity index (χ4n) is 2.82. The van der Waals surface area contributed by atoms with E-state index in [0.29, 0.717) is 22.0 Å². The van der Waals surface area contributed by atoms with Crippen LogP contribution in [-0.4, -0.2) is 22.8 Å². The van der Waals surface area contributed by atoms with E-state index in [-0.39, 0.29) is 17.1 Å². The standard InChI is InChI=1S/C25H24ClN3O2S/c1-17(28-29-24(30)18(2)32-16-19-8-4-3-5-9-19)20-10-7-13-23(15-20)27-25(31)21-11-6-12-22(26)14-21/h3-15,18H,16H2,1-2H3,(H,27,31)(H,29,30)/b28-17+. The minimum absolute atomic E-state index is 0.157. The number of rotatable bonds is 8. The van der Waals surface area contributed by atoms with E-state index in [1.54, 1.807) is 55.1 Å². The molecule has 2 amide bonds. The summed E-state index contributed by atoms with van der Waals surface area (Å²) in [5.74, 6) is 0.347. The van der Waals surface area contributed by atoms with Crippen LogP contribution in [0.3, 0.4) is 0 Å². The molecule has 0 aliphatic carbocycles. The maximum atomic E-state index is 12.4. The van der Waals surface area contributed by atoms with Crippen molar-refractivity contribution >= 4 is 46.6 Å². The molecule has 5 nitrogen and oxygen atoms in total. The molecule has 7 heteroatoms. The second-order valence-electron chi connectivity index (χ2n) is 7.16. The lowest BCUT2D eigenvalue weighted by molar-refractivity contribution is -0.120. The van der Waals surface area contributed by atoms with Crippen LogP contribution in [0.25, 0.3) is 0 Å². The Bertz CT molecular complexity index is 1120. The van der Waals surface area contributed by atoms with Crippen molar-refractivity contribution in [2.75, 3.05) is 5.32 Å². The van der Waals surface area contributed by atoms with Gasteiger partial charge in [-0.1, -0.05) is 60.1 Å². The van der Waals surface area contributed by atoms with E-state index < -0.39 is 0 Å². The second-order valence-corrected chi connectivity index (χ2v) is 8.92. The molecule has 1 atom stereocenters. The summed E-state index contributed by atoms with van der Waals surface area (Å²) in [7, 11) is 0. The van der Waals surface area contributed by atoms with Crippen LogP contribution in [0.2, 0.25) is 5.02 Å². The van der Waals surface area contributed by atoms with E-state index in [1.807, 2.05) is 49.4 Å². The van der Waals surface area contributed by atoms with Gasteiger partial charge in [0.25, 0.3) is 11.8 Å². The summed E-state index contributed by atoms with van der Waals surface area (Å²) in [5.41, 5.74) is 6.34. The molecule has 3 rings (SSSR count). The Balaban J connectivity index is 1.57. The average Bonchev–Trinajstić information content (AvgIpc) is 2.81. The first-order valence-electron chi connectivity index (χ1n) is 10.1. The average molecular weight is 466 g/mol. The van der Waals surface area contributed by atoms with Gasteiger partial charge in [0.1, 0.15) is 0 Å². The van der Waals surface area contributed by atoms with E-state index >= 15 is 0 Å². The molecule has 3 aromatic rings. The number of halogens is 1. The van der Waals surface area contributed by atoms with Crippen molar-refractivity contribution in [2.45, 2.75) is 24.9 Å². The lowest BCUT2D eigenvalue weighted by atomic mass is 10.1. The molecule has 0 aliphatic rings. The third kappa shape index (κ3) is 6.97. The normalized spacial score (nSPS) is 12.2. The largest absolute Gasteiger partial charge is 0.322 e. The van der Waals surface area contributed by atoms with E-state index in [4.69, 9.17) is 11.6 Å². The molecular weight excluding hydrogens is 442 g/mol. The van der Waals surface area contributed by atoms with E-state index in [0.717, 1.165) is 11.3 Å². The van der Waals surface area contributed by atoms with Crippen LogP contribution < -0.4 is 10.7 Å². The quantitative estimate of drug-likeness (QED) is 0.328. The highest BCUT2D eigenvalue weighted by molar-refractivity contribution is 7.99. The first-order valence-corrected chi connectivity index (χ1v) is 11.5. The number of nitrogens with one attached hydrogen (secondary N) is 2. The molecule has 3 aromatic carbocycles. The Morgan fingerprint density at radius 2 is 1.69 bits per heavy atom. The van der Waals surface area contributed by atoms with Gasteiger partial charge in [0.15, 0.2) is 0 Å². The highest BCUT2D eigenvalue weighted by Crippen LogP contribution is 2.18. The second kappa shape index (κ2) is 11.5. The Kier molecular flexibility index (Phi) is 8.48. The van der Waals surface area contributed by atoms with Crippen LogP contribution in [-0.2, 0) is 10.5 Å². The number of hydrazone groups is 1. The van der Waals surface area contributed by atoms with E-state index in [9.17, 15) is 9.59 Å². The zero-order valence-corrected chi connectivity index (χ0v) is 19.4. The summed E-state index contributed by atoms with van der Waals surface area (Å²) in [4.78, 5) is 24.8. The Hall–Kier alpha value is -3.09. The van der Waals surface area contributed by atoms with Crippen LogP contribution in [0, 0.1) is 0 Å². The summed E-state index contributed by atoms with van der Waals surface area (Å²) >= 11 is 7.52. The summed E-state index contributed by atoms with van der Waals surface area (Å²) in [5, 5.41) is 7.35. The summed E-state index contributed by atoms with van der Waals surface area (Å²) in [6, 6.07) is 24.1. The SMILES string of the molecule is C/C(=N\NC(=O)C(C)SCc1ccccc1)c1cccc(NC(=O)c2cccc(Cl)c2)c1. The Labute approximate surface area is 197 Å². The molecule has 0 fully saturated rings. The fraction of sp³-hybridized carbons (Fsp3) is 0.160. The maximum Gasteiger partial charge on any atom is 0.255 e. The number of carbonyl (C=O) groups excluding carboxylic acids is 2. The van der Waals surface area contributed by atoms with Crippen molar-refractivity contribution in [1.82, 2.24) is 5.43 Å². The maximum absolute atomic E-state index is 12.4. The summed E-state index contributed by atoms with van der Waals surface area (Å²) in [6.45, 7) is 3.67. The summed E-state index contributed by atoms with van der Waals surface area (Å²) < 4.78 is 0. The fourth-order valence-corrected chi connectivity index (χ4v) is 3.85. The van der Waals surface area contributed by atoms with Gasteiger partial charge in [0, 0.05) is 22.0 Å². The van der Waals surface area contributed by atoms with Gasteiger partial charge in [-0.05, 0) is 55.3 Å². The highest BCUT2D eigenvalue weighted by Gasteiger charge is 2.13. The lowest BCUT2D eigenvalue weighted by Gasteiger charge is -2.11. The van der Waals surface area contributed by atoms with Crippen molar-refractivity contribution in [1.29, 1.82) is 0 Å². The number of hydrogen-bond acceptors (Lipinski definition) is 4. The zero-order valence-electron chi connectivity index (χ0n) is 17.8. The van der Waals surface area contributed by atoms with Gasteiger partial charge in [0.2, 0.25) is 0 Å². The van der Waals surface area contributed by atoms with Gasteiger partial charge in [0.05, 0.1) is 11.0 Å². The molecule has 0 aliphatic heterocycles. The number of thioether (sulfide) groups is 1. The lowest BCUT2D eigenvalue weighted by Crippen LogP contribution is -2.27. The third-order valence-electron chi connectivity index (χ3n) is 4.67. The molecule has 0 bridgehead atoms. The molecule has 2 N–H and O–H groups in total. The number of amides is 2. The molecule has 0 saturated heterocycles. The van der Waals surface area contributed by atoms with Crippen LogP contribution in [0.1, 0.15) is 35.3 Å². The molecule has 0 radical (unpaired) electrons. The first kappa shape index (κ1) is 23.6. The zero-order chi connectivity index (χ0) is 22.9. The van der Waals surface area contributed by atoms with Crippen molar-refractivity contribution in [3.05, 3.63) is 101 Å². The topological polar surface area (TPSA) is 70.6 Å². The van der Waals surface area contributed by atoms with Crippen molar-refractivity contribution in [2.24, 2.45) is 5.10 Å². The predicted molar refractivity (Wildman–Crippen MR) is 133 cm³/mol. The van der Waals surface area contributed by atoms with Gasteiger partial charge >= 0.3 is 0 Å². The molecule has 1 unspecified atom stereocenters. The van der Waals surface area contributed by atoms with E-state index in [1.165, 1.54) is 5.56 Å². The van der Waals surface area contributed by atoms with Crippen LogP contribution in [0.15, 0.2) is 84.0 Å². The van der Waals surface area contributed by atoms with Crippen molar-refractivity contribution < 1.29 is 9.59 Å². The van der Waals surface area contributed by atoms with Crippen molar-refractivity contribution in [3.8, 4) is 0 Å². The molecular formula is C25H24ClN3O2S. The number of nitrogens with zero attached hydrogens (tertiary/aromatic N) is 1. The number of benzene rings is 3. The Morgan fingerprint density at radius 1 is 0.969 bits per heavy atom. The third-order valence-corrected chi connectivity index (χ3v) is 6.12. The van der Waals surface area contributed by atoms with Crippen molar-refractivity contribution in [3.63, 3.8) is 0 Å². The minimum atomic E-state index is -0.253. The van der Waals surface area contributed by atoms with Crippen LogP contribution in [0.4, 0.5) is 5.69 Å². The van der Waals surface area contributed by atoms with Gasteiger partial charge in [-0.15, -0.1) is 11.8 Å². The summed E-state index contributed by atoms with van der Waals surface area (Å²) in [6.07, 6.45) is 0. The molecule has 0 spiro atoms. The highest BCUT2D eigenvalue weighted by atomic mass is 35.5. The number of carbonyl (C=O) groups is 2. The monoisotopic (exact) mass is 465 g/mol. The van der Waals surface area contributed by atoms with Gasteiger partial charge in [-0.25, -0.2) is 5.43 Å². The number of hydrogen-bond donors (Lipinski definition) is 2. The van der Waals surface area contributed by atoms with Gasteiger partial charge in [-0.3, -0.25) is 9.59 Å². The minimum Gasteiger partial charge on any atom is -0.322 e. The van der Waals surface area contributed by atoms with Gasteiger partial charge in [-0.2, -0.15) is 5.10 Å². The molecule has 0 aromatic heterocycles. The first-order chi connectivity index (χ1) is 15.4. The molecule has 0 saturated carbocycles. The Morgan fingerprint density at radius 3 is 2.44 bits per heavy atom. The molecule has 32 heavy (non-hydrogen) atoms. The molecule has 0 heterocycles. The smallest absolute Gasteiger partial charge is 0.255 e. The number of anilines is 1. The van der Waals surface area contributed by atoms with Crippen LogP contribution >= 0.6 is 23.4 Å². The predicted octanol–water partition coefficient (Wildman–Crippen LogP) is 5.75.